The molecular weight excluding hydrogens is 1530 g/mol. The van der Waals surface area contributed by atoms with Gasteiger partial charge in [-0.3, -0.25) is 0 Å². The maximum Gasteiger partial charge on any atom is 0.252 e. The van der Waals surface area contributed by atoms with Gasteiger partial charge in [0.15, 0.2) is 0 Å². The molecule has 2 aliphatic carbocycles. The van der Waals surface area contributed by atoms with Crippen LogP contribution >= 0.6 is 0 Å². The van der Waals surface area contributed by atoms with Crippen molar-refractivity contribution in [3.05, 3.63) is 362 Å². The van der Waals surface area contributed by atoms with Crippen molar-refractivity contribution in [1.29, 1.82) is 0 Å². The molecule has 4 fully saturated rings. The Morgan fingerprint density at radius 1 is 0.236 bits per heavy atom. The highest BCUT2D eigenvalue weighted by atomic mass is 15.2. The lowest BCUT2D eigenvalue weighted by atomic mass is 9.33. The predicted octanol–water partition coefficient (Wildman–Crippen LogP) is 31.9. The second-order valence-corrected chi connectivity index (χ2v) is 42.0. The molecule has 4 aliphatic heterocycles. The molecule has 127 heavy (non-hydrogen) atoms. The summed E-state index contributed by atoms with van der Waals surface area (Å²) >= 11 is 0. The number of nitrogens with zero attached hydrogens (tertiary/aromatic N) is 3. The van der Waals surface area contributed by atoms with Crippen LogP contribution in [0, 0.1) is 11.8 Å². The van der Waals surface area contributed by atoms with E-state index in [2.05, 4.69) is 438 Å². The topological polar surface area (TPSA) is 9.72 Å². The van der Waals surface area contributed by atoms with Crippen LogP contribution < -0.4 is 31.1 Å². The third-order valence-electron chi connectivity index (χ3n) is 29.8. The summed E-state index contributed by atoms with van der Waals surface area (Å²) in [7, 11) is 0. The standard InChI is InChI=1S/C123H106BN3/c1-120(2,3)92-56-84-43-45-86-58-94(122(7,8)9)70-105-99(66-90(60-92)113(84)115(86)105)82-47-49-107-109(68-82)126(118-101(78-35-23-15-24-36-78)62-88(76-31-19-13-20-32-76)63-102(118)79-37-25-16-26-38-79)111-72-98(125-96-52-74-51-75(54-96)55-97(125)53-74)73-112-117(111)124(107)108-50-48-83(100-67-91-61-93(121(4,5)6)57-85-44-46-87-59-95(123(10,11)12)71-106(100)116(87)114(85)91)69-110(108)127(112)119-103(80-39-27-17-28-40-80)64-89(77-33-21-14-22-34-77)65-104(119)81-41-29-18-30-42-81/h13-50,56-75,96-97H,51-55H2,1-12H3. The van der Waals surface area contributed by atoms with Crippen LogP contribution in [0.25, 0.3) is 154 Å². The molecular formula is C123H106BN3. The molecule has 2 saturated heterocycles. The molecule has 4 bridgehead atoms. The van der Waals surface area contributed by atoms with Crippen molar-refractivity contribution in [2.24, 2.45) is 11.8 Å². The molecule has 4 heterocycles. The van der Waals surface area contributed by atoms with E-state index < -0.39 is 0 Å². The van der Waals surface area contributed by atoms with E-state index in [0.29, 0.717) is 12.1 Å². The zero-order valence-electron chi connectivity index (χ0n) is 75.1. The van der Waals surface area contributed by atoms with Crippen LogP contribution in [-0.4, -0.2) is 18.8 Å². The summed E-state index contributed by atoms with van der Waals surface area (Å²) in [5.41, 5.74) is 36.0. The molecule has 25 rings (SSSR count). The highest BCUT2D eigenvalue weighted by molar-refractivity contribution is 7.00. The van der Waals surface area contributed by atoms with Gasteiger partial charge in [-0.05, 0) is 308 Å². The van der Waals surface area contributed by atoms with Gasteiger partial charge in [0.1, 0.15) is 0 Å². The zero-order valence-corrected chi connectivity index (χ0v) is 75.1. The van der Waals surface area contributed by atoms with Crippen LogP contribution in [0.4, 0.5) is 39.8 Å². The van der Waals surface area contributed by atoms with Crippen molar-refractivity contribution < 1.29 is 0 Å². The Balaban J connectivity index is 0.886. The molecule has 2 saturated carbocycles. The van der Waals surface area contributed by atoms with Crippen molar-refractivity contribution in [3.8, 4) is 89.0 Å². The third-order valence-corrected chi connectivity index (χ3v) is 29.8. The lowest BCUT2D eigenvalue weighted by Gasteiger charge is -2.58. The van der Waals surface area contributed by atoms with Gasteiger partial charge in [0.2, 0.25) is 0 Å². The molecule has 0 unspecified atom stereocenters. The van der Waals surface area contributed by atoms with E-state index in [1.165, 1.54) is 231 Å². The van der Waals surface area contributed by atoms with Gasteiger partial charge in [-0.15, -0.1) is 0 Å². The summed E-state index contributed by atoms with van der Waals surface area (Å²) in [6.45, 7) is 28.3. The summed E-state index contributed by atoms with van der Waals surface area (Å²) in [6.07, 6.45) is 6.20. The second kappa shape index (κ2) is 28.6. The van der Waals surface area contributed by atoms with E-state index in [-0.39, 0.29) is 28.4 Å². The van der Waals surface area contributed by atoms with Gasteiger partial charge in [-0.25, -0.2) is 0 Å². The molecule has 19 aromatic rings. The summed E-state index contributed by atoms with van der Waals surface area (Å²) in [4.78, 5) is 8.70. The highest BCUT2D eigenvalue weighted by Crippen LogP contribution is 2.60. The molecule has 0 spiro atoms. The molecule has 0 N–H and O–H groups in total. The van der Waals surface area contributed by atoms with Crippen LogP contribution in [0.3, 0.4) is 0 Å². The minimum atomic E-state index is -0.277. The number of piperidine rings is 2. The second-order valence-electron chi connectivity index (χ2n) is 42.0. The van der Waals surface area contributed by atoms with Gasteiger partial charge in [0.25, 0.3) is 6.71 Å². The van der Waals surface area contributed by atoms with Crippen molar-refractivity contribution in [2.75, 3.05) is 14.7 Å². The fourth-order valence-electron chi connectivity index (χ4n) is 23.6. The number of benzene rings is 19. The maximum absolute atomic E-state index is 3.00. The Bertz CT molecular complexity index is 7070. The van der Waals surface area contributed by atoms with E-state index in [0.717, 1.165) is 45.5 Å². The lowest BCUT2D eigenvalue weighted by molar-refractivity contribution is 0.0900. The zero-order chi connectivity index (χ0) is 86.0. The van der Waals surface area contributed by atoms with E-state index in [9.17, 15) is 0 Å². The van der Waals surface area contributed by atoms with Gasteiger partial charge in [0.05, 0.1) is 11.4 Å². The number of hydrogen-bond donors (Lipinski definition) is 0. The van der Waals surface area contributed by atoms with E-state index in [1.807, 2.05) is 0 Å². The van der Waals surface area contributed by atoms with Gasteiger partial charge in [-0.2, -0.15) is 0 Å². The van der Waals surface area contributed by atoms with Crippen molar-refractivity contribution in [2.45, 2.75) is 149 Å². The fourth-order valence-corrected chi connectivity index (χ4v) is 23.6. The van der Waals surface area contributed by atoms with Gasteiger partial charge < -0.3 is 14.7 Å². The minimum Gasteiger partial charge on any atom is -0.365 e. The number of rotatable bonds is 11. The first-order chi connectivity index (χ1) is 61.4. The minimum absolute atomic E-state index is 0.0878. The number of fused-ring (bicyclic) bond motifs is 4. The van der Waals surface area contributed by atoms with E-state index in [1.54, 1.807) is 0 Å². The van der Waals surface area contributed by atoms with Crippen molar-refractivity contribution >= 4 is 128 Å². The monoisotopic (exact) mass is 1640 g/mol. The number of anilines is 7. The van der Waals surface area contributed by atoms with Crippen molar-refractivity contribution in [3.63, 3.8) is 0 Å². The third kappa shape index (κ3) is 12.6. The first kappa shape index (κ1) is 77.3. The molecule has 0 atom stereocenters. The predicted molar refractivity (Wildman–Crippen MR) is 546 cm³/mol. The summed E-state index contributed by atoms with van der Waals surface area (Å²) in [5, 5.41) is 15.6. The Labute approximate surface area is 748 Å². The number of hydrogen-bond acceptors (Lipinski definition) is 3. The first-order valence-electron chi connectivity index (χ1n) is 46.5. The maximum atomic E-state index is 3.00. The summed E-state index contributed by atoms with van der Waals surface area (Å²) < 4.78 is 0. The largest absolute Gasteiger partial charge is 0.365 e. The normalized spacial score (nSPS) is 16.8. The van der Waals surface area contributed by atoms with E-state index in [4.69, 9.17) is 0 Å². The molecule has 6 aliphatic rings. The van der Waals surface area contributed by atoms with Gasteiger partial charge in [-0.1, -0.05) is 350 Å². The molecule has 3 nitrogen and oxygen atoms in total. The SMILES string of the molecule is CC(C)(C)c1cc2ccc3cc(C(C)(C)C)cc4c(-c5ccc6c(c5)N(c5c(-c7ccccc7)cc(-c7ccccc7)cc5-c5ccccc5)c5cc(N7C8CC9CC(C8)CC7C9)cc7c5B6c5ccc(-c6cc8cc(C(C)(C)C)cc9ccc%10cc(C(C)(C)C)cc6c%10c98)cc5N7c5c(-c6ccccc6)cc(-c6ccccc6)cc5-c5ccccc5)cc(c1)c2c34. The molecule has 4 heteroatoms. The molecule has 0 amide bonds. The average Bonchev–Trinajstić information content (AvgIpc) is 0.680. The van der Waals surface area contributed by atoms with Crippen molar-refractivity contribution in [1.82, 2.24) is 0 Å². The summed E-state index contributed by atoms with van der Waals surface area (Å²) in [5.74, 6) is 1.46. The molecule has 19 aromatic carbocycles. The smallest absolute Gasteiger partial charge is 0.252 e. The Kier molecular flexibility index (Phi) is 17.4. The molecule has 616 valence electrons. The molecule has 0 aromatic heterocycles. The van der Waals surface area contributed by atoms with Gasteiger partial charge >= 0.3 is 0 Å². The Morgan fingerprint density at radius 2 is 0.535 bits per heavy atom. The average molecular weight is 1640 g/mol. The summed E-state index contributed by atoms with van der Waals surface area (Å²) in [6, 6.07) is 135. The van der Waals surface area contributed by atoms with Crippen LogP contribution in [0.15, 0.2) is 340 Å². The highest BCUT2D eigenvalue weighted by Gasteiger charge is 2.51. The Morgan fingerprint density at radius 3 is 0.858 bits per heavy atom. The van der Waals surface area contributed by atoms with Gasteiger partial charge in [0, 0.05) is 62.8 Å². The quantitative estimate of drug-likeness (QED) is 0.0944. The van der Waals surface area contributed by atoms with Crippen LogP contribution in [0.2, 0.25) is 0 Å². The molecule has 0 radical (unpaired) electrons. The van der Waals surface area contributed by atoms with Crippen LogP contribution in [-0.2, 0) is 21.7 Å². The first-order valence-corrected chi connectivity index (χ1v) is 46.5. The van der Waals surface area contributed by atoms with Crippen LogP contribution in [0.1, 0.15) is 137 Å². The fraction of sp³-hybridized carbons (Fsp3) is 0.203. The lowest BCUT2D eigenvalue weighted by Crippen LogP contribution is -2.62. The van der Waals surface area contributed by atoms with E-state index >= 15 is 0 Å². The Hall–Kier alpha value is -13.3. The van der Waals surface area contributed by atoms with Crippen LogP contribution in [0.5, 0.6) is 0 Å².